The summed E-state index contributed by atoms with van der Waals surface area (Å²) in [5.74, 6) is 1.85. The highest BCUT2D eigenvalue weighted by molar-refractivity contribution is 5.55. The lowest BCUT2D eigenvalue weighted by Crippen LogP contribution is -2.20. The third-order valence-electron chi connectivity index (χ3n) is 2.92. The monoisotopic (exact) mass is 262 g/mol. The van der Waals surface area contributed by atoms with Gasteiger partial charge in [0, 0.05) is 6.07 Å². The van der Waals surface area contributed by atoms with Gasteiger partial charge in [-0.25, -0.2) is 9.97 Å². The number of methoxy groups -OCH3 is 1. The number of aromatic nitrogens is 3. The highest BCUT2D eigenvalue weighted by Gasteiger charge is 2.18. The first-order chi connectivity index (χ1) is 9.02. The van der Waals surface area contributed by atoms with Crippen molar-refractivity contribution in [3.63, 3.8) is 0 Å². The maximum Gasteiger partial charge on any atom is 0.217 e. The van der Waals surface area contributed by atoms with Crippen LogP contribution in [0, 0.1) is 12.8 Å². The topological polar surface area (TPSA) is 87.1 Å². The van der Waals surface area contributed by atoms with Gasteiger partial charge in [0.1, 0.15) is 11.5 Å². The van der Waals surface area contributed by atoms with Gasteiger partial charge >= 0.3 is 0 Å². The summed E-state index contributed by atoms with van der Waals surface area (Å²) < 4.78 is 10.5. The lowest BCUT2D eigenvalue weighted by Gasteiger charge is -2.15. The standard InChI is InChI=1S/C13H18N4O2/c1-7(2)11(14)13-16-9(5-10(17-13)18-4)12-8(3)15-6-19-12/h5-7,11H,14H2,1-4H3. The Bertz CT molecular complexity index is 566. The molecule has 0 saturated carbocycles. The van der Waals surface area contributed by atoms with Gasteiger partial charge < -0.3 is 14.9 Å². The molecule has 6 heteroatoms. The molecular weight excluding hydrogens is 244 g/mol. The molecule has 0 amide bonds. The van der Waals surface area contributed by atoms with Gasteiger partial charge in [-0.05, 0) is 12.8 Å². The number of nitrogens with two attached hydrogens (primary N) is 1. The van der Waals surface area contributed by atoms with Crippen LogP contribution in [0.5, 0.6) is 5.88 Å². The fourth-order valence-electron chi connectivity index (χ4n) is 1.66. The maximum atomic E-state index is 6.09. The van der Waals surface area contributed by atoms with Gasteiger partial charge in [0.05, 0.1) is 18.8 Å². The molecule has 0 aromatic carbocycles. The van der Waals surface area contributed by atoms with Crippen molar-refractivity contribution in [2.24, 2.45) is 11.7 Å². The molecule has 2 aromatic rings. The first-order valence-electron chi connectivity index (χ1n) is 6.12. The summed E-state index contributed by atoms with van der Waals surface area (Å²) in [5, 5.41) is 0. The van der Waals surface area contributed by atoms with Gasteiger partial charge in [0.2, 0.25) is 5.88 Å². The minimum Gasteiger partial charge on any atom is -0.481 e. The van der Waals surface area contributed by atoms with Gasteiger partial charge in [-0.3, -0.25) is 0 Å². The van der Waals surface area contributed by atoms with Gasteiger partial charge in [-0.15, -0.1) is 0 Å². The fourth-order valence-corrected chi connectivity index (χ4v) is 1.66. The molecule has 2 N–H and O–H groups in total. The fraction of sp³-hybridized carbons (Fsp3) is 0.462. The van der Waals surface area contributed by atoms with E-state index in [1.54, 1.807) is 13.2 Å². The Labute approximate surface area is 112 Å². The van der Waals surface area contributed by atoms with E-state index in [4.69, 9.17) is 14.9 Å². The molecule has 2 aromatic heterocycles. The highest BCUT2D eigenvalue weighted by atomic mass is 16.5. The number of rotatable bonds is 4. The largest absolute Gasteiger partial charge is 0.481 e. The van der Waals surface area contributed by atoms with Crippen molar-refractivity contribution < 1.29 is 9.15 Å². The third-order valence-corrected chi connectivity index (χ3v) is 2.92. The van der Waals surface area contributed by atoms with E-state index in [2.05, 4.69) is 15.0 Å². The van der Waals surface area contributed by atoms with E-state index >= 15 is 0 Å². The summed E-state index contributed by atoms with van der Waals surface area (Å²) >= 11 is 0. The smallest absolute Gasteiger partial charge is 0.217 e. The second-order valence-corrected chi connectivity index (χ2v) is 4.69. The normalized spacial score (nSPS) is 12.7. The molecule has 0 saturated heterocycles. The van der Waals surface area contributed by atoms with Crippen molar-refractivity contribution in [1.82, 2.24) is 15.0 Å². The summed E-state index contributed by atoms with van der Waals surface area (Å²) in [6.45, 7) is 5.90. The Morgan fingerprint density at radius 2 is 2.05 bits per heavy atom. The predicted octanol–water partition coefficient (Wildman–Crippen LogP) is 2.10. The first kappa shape index (κ1) is 13.5. The molecule has 0 radical (unpaired) electrons. The Hall–Kier alpha value is -1.95. The zero-order valence-electron chi connectivity index (χ0n) is 11.5. The summed E-state index contributed by atoms with van der Waals surface area (Å²) in [5.41, 5.74) is 7.50. The van der Waals surface area contributed by atoms with Crippen LogP contribution >= 0.6 is 0 Å². The van der Waals surface area contributed by atoms with E-state index in [0.717, 1.165) is 5.69 Å². The predicted molar refractivity (Wildman–Crippen MR) is 70.6 cm³/mol. The van der Waals surface area contributed by atoms with E-state index in [1.165, 1.54) is 6.39 Å². The first-order valence-corrected chi connectivity index (χ1v) is 6.12. The van der Waals surface area contributed by atoms with Crippen LogP contribution in [0.4, 0.5) is 0 Å². The Morgan fingerprint density at radius 1 is 1.32 bits per heavy atom. The van der Waals surface area contributed by atoms with Crippen LogP contribution in [-0.4, -0.2) is 22.1 Å². The van der Waals surface area contributed by atoms with Gasteiger partial charge in [0.15, 0.2) is 12.2 Å². The minimum absolute atomic E-state index is 0.232. The van der Waals surface area contributed by atoms with Crippen molar-refractivity contribution in [1.29, 1.82) is 0 Å². The van der Waals surface area contributed by atoms with Crippen molar-refractivity contribution in [3.8, 4) is 17.3 Å². The number of oxazole rings is 1. The number of ether oxygens (including phenoxy) is 1. The van der Waals surface area contributed by atoms with Gasteiger partial charge in [-0.1, -0.05) is 13.8 Å². The van der Waals surface area contributed by atoms with E-state index in [-0.39, 0.29) is 12.0 Å². The van der Waals surface area contributed by atoms with Crippen LogP contribution < -0.4 is 10.5 Å². The van der Waals surface area contributed by atoms with Crippen LogP contribution in [0.15, 0.2) is 16.9 Å². The number of hydrogen-bond acceptors (Lipinski definition) is 6. The second kappa shape index (κ2) is 5.36. The lowest BCUT2D eigenvalue weighted by atomic mass is 10.0. The Morgan fingerprint density at radius 3 is 2.58 bits per heavy atom. The number of aryl methyl sites for hydroxylation is 1. The second-order valence-electron chi connectivity index (χ2n) is 4.69. The summed E-state index contributed by atoms with van der Waals surface area (Å²) in [4.78, 5) is 12.8. The molecular formula is C13H18N4O2. The van der Waals surface area contributed by atoms with Crippen molar-refractivity contribution >= 4 is 0 Å². The van der Waals surface area contributed by atoms with E-state index in [9.17, 15) is 0 Å². The Balaban J connectivity index is 2.51. The van der Waals surface area contributed by atoms with E-state index in [1.807, 2.05) is 20.8 Å². The molecule has 2 heterocycles. The molecule has 102 valence electrons. The van der Waals surface area contributed by atoms with E-state index < -0.39 is 0 Å². The van der Waals surface area contributed by atoms with Gasteiger partial charge in [0.25, 0.3) is 0 Å². The maximum absolute atomic E-state index is 6.09. The highest BCUT2D eigenvalue weighted by Crippen LogP contribution is 2.26. The molecule has 0 fully saturated rings. The van der Waals surface area contributed by atoms with Crippen molar-refractivity contribution in [2.45, 2.75) is 26.8 Å². The summed E-state index contributed by atoms with van der Waals surface area (Å²) in [6, 6.07) is 1.46. The Kier molecular flexibility index (Phi) is 3.80. The number of nitrogens with zero attached hydrogens (tertiary/aromatic N) is 3. The summed E-state index contributed by atoms with van der Waals surface area (Å²) in [6.07, 6.45) is 1.39. The molecule has 2 rings (SSSR count). The van der Waals surface area contributed by atoms with Crippen molar-refractivity contribution in [2.75, 3.05) is 7.11 Å². The molecule has 0 aliphatic rings. The molecule has 0 spiro atoms. The SMILES string of the molecule is COc1cc(-c2ocnc2C)nc(C(N)C(C)C)n1. The molecule has 0 bridgehead atoms. The van der Waals surface area contributed by atoms with Crippen LogP contribution in [0.1, 0.15) is 31.4 Å². The lowest BCUT2D eigenvalue weighted by molar-refractivity contribution is 0.388. The molecule has 6 nitrogen and oxygen atoms in total. The minimum atomic E-state index is -0.253. The van der Waals surface area contributed by atoms with Gasteiger partial charge in [-0.2, -0.15) is 4.98 Å². The van der Waals surface area contributed by atoms with Crippen LogP contribution in [0.25, 0.3) is 11.5 Å². The van der Waals surface area contributed by atoms with Crippen molar-refractivity contribution in [3.05, 3.63) is 24.0 Å². The molecule has 0 aliphatic heterocycles. The zero-order valence-corrected chi connectivity index (χ0v) is 11.5. The van der Waals surface area contributed by atoms with Crippen LogP contribution in [0.2, 0.25) is 0 Å². The quantitative estimate of drug-likeness (QED) is 0.908. The molecule has 1 atom stereocenters. The summed E-state index contributed by atoms with van der Waals surface area (Å²) in [7, 11) is 1.56. The number of hydrogen-bond donors (Lipinski definition) is 1. The third kappa shape index (κ3) is 2.73. The average Bonchev–Trinajstić information content (AvgIpc) is 2.83. The molecule has 19 heavy (non-hydrogen) atoms. The van der Waals surface area contributed by atoms with E-state index in [0.29, 0.717) is 23.2 Å². The van der Waals surface area contributed by atoms with Crippen LogP contribution in [-0.2, 0) is 0 Å². The van der Waals surface area contributed by atoms with Crippen LogP contribution in [0.3, 0.4) is 0 Å². The molecule has 1 unspecified atom stereocenters. The zero-order chi connectivity index (χ0) is 14.0. The average molecular weight is 262 g/mol. The molecule has 0 aliphatic carbocycles.